The maximum atomic E-state index is 11.4. The van der Waals surface area contributed by atoms with Gasteiger partial charge in [0.1, 0.15) is 5.60 Å². The third-order valence-corrected chi connectivity index (χ3v) is 2.87. The smallest absolute Gasteiger partial charge is 0.407 e. The number of halogens is 1. The Kier molecular flexibility index (Phi) is 6.30. The Hall–Kier alpha value is -1.26. The molecule has 3 N–H and O–H groups in total. The lowest BCUT2D eigenvalue weighted by Crippen LogP contribution is -2.33. The van der Waals surface area contributed by atoms with E-state index in [1.807, 2.05) is 45.0 Å². The van der Waals surface area contributed by atoms with Gasteiger partial charge in [0.15, 0.2) is 0 Å². The standard InChI is InChI=1S/C15H23ClN2O2/c1-15(2,3)20-14(19)18-9-5-8-13(17)11-6-4-7-12(16)10-11/h4,6-7,10,13H,5,8-9,17H2,1-3H3,(H,18,19). The molecule has 0 spiro atoms. The van der Waals surface area contributed by atoms with Crippen LogP contribution in [0.3, 0.4) is 0 Å². The summed E-state index contributed by atoms with van der Waals surface area (Å²) in [6.45, 7) is 6.05. The molecule has 0 saturated carbocycles. The van der Waals surface area contributed by atoms with Crippen LogP contribution >= 0.6 is 11.6 Å². The van der Waals surface area contributed by atoms with Crippen molar-refractivity contribution in [2.45, 2.75) is 45.3 Å². The van der Waals surface area contributed by atoms with Crippen molar-refractivity contribution in [3.63, 3.8) is 0 Å². The minimum Gasteiger partial charge on any atom is -0.444 e. The van der Waals surface area contributed by atoms with Gasteiger partial charge < -0.3 is 15.8 Å². The quantitative estimate of drug-likeness (QED) is 0.816. The van der Waals surface area contributed by atoms with Crippen LogP contribution in [0.5, 0.6) is 0 Å². The van der Waals surface area contributed by atoms with Gasteiger partial charge in [0, 0.05) is 17.6 Å². The van der Waals surface area contributed by atoms with E-state index in [0.717, 1.165) is 18.4 Å². The number of nitrogens with two attached hydrogens (primary N) is 1. The van der Waals surface area contributed by atoms with E-state index in [1.54, 1.807) is 0 Å². The fourth-order valence-corrected chi connectivity index (χ4v) is 1.93. The highest BCUT2D eigenvalue weighted by molar-refractivity contribution is 6.30. The lowest BCUT2D eigenvalue weighted by Gasteiger charge is -2.20. The summed E-state index contributed by atoms with van der Waals surface area (Å²) in [7, 11) is 0. The van der Waals surface area contributed by atoms with Gasteiger partial charge in [-0.15, -0.1) is 0 Å². The van der Waals surface area contributed by atoms with Crippen LogP contribution in [0.2, 0.25) is 5.02 Å². The van der Waals surface area contributed by atoms with Crippen LogP contribution in [-0.4, -0.2) is 18.2 Å². The second-order valence-electron chi connectivity index (χ2n) is 5.73. The molecule has 20 heavy (non-hydrogen) atoms. The first-order valence-corrected chi connectivity index (χ1v) is 7.13. The highest BCUT2D eigenvalue weighted by Crippen LogP contribution is 2.19. The predicted molar refractivity (Wildman–Crippen MR) is 81.9 cm³/mol. The van der Waals surface area contributed by atoms with E-state index in [-0.39, 0.29) is 6.04 Å². The van der Waals surface area contributed by atoms with Crippen LogP contribution in [0.25, 0.3) is 0 Å². The molecular weight excluding hydrogens is 276 g/mol. The summed E-state index contributed by atoms with van der Waals surface area (Å²) >= 11 is 5.92. The average molecular weight is 299 g/mol. The molecule has 5 heteroatoms. The van der Waals surface area contributed by atoms with E-state index in [9.17, 15) is 4.79 Å². The zero-order chi connectivity index (χ0) is 15.2. The maximum absolute atomic E-state index is 11.4. The number of hydrogen-bond donors (Lipinski definition) is 2. The number of nitrogens with one attached hydrogen (secondary N) is 1. The Morgan fingerprint density at radius 1 is 1.45 bits per heavy atom. The minimum atomic E-state index is -0.471. The molecule has 112 valence electrons. The monoisotopic (exact) mass is 298 g/mol. The van der Waals surface area contributed by atoms with Gasteiger partial charge in [0.2, 0.25) is 0 Å². The first kappa shape index (κ1) is 16.8. The van der Waals surface area contributed by atoms with Gasteiger partial charge in [0.05, 0.1) is 0 Å². The van der Waals surface area contributed by atoms with Crippen molar-refractivity contribution in [1.29, 1.82) is 0 Å². The molecule has 1 atom stereocenters. The molecule has 1 unspecified atom stereocenters. The molecule has 0 heterocycles. The molecule has 1 aromatic carbocycles. The Morgan fingerprint density at radius 3 is 2.75 bits per heavy atom. The van der Waals surface area contributed by atoms with Gasteiger partial charge in [-0.05, 0) is 51.3 Å². The van der Waals surface area contributed by atoms with Gasteiger partial charge >= 0.3 is 6.09 Å². The topological polar surface area (TPSA) is 64.3 Å². The van der Waals surface area contributed by atoms with E-state index in [4.69, 9.17) is 22.1 Å². The Labute approximate surface area is 125 Å². The Balaban J connectivity index is 2.26. The van der Waals surface area contributed by atoms with E-state index in [2.05, 4.69) is 5.32 Å². The summed E-state index contributed by atoms with van der Waals surface area (Å²) in [6, 6.07) is 7.46. The van der Waals surface area contributed by atoms with Crippen molar-refractivity contribution in [3.05, 3.63) is 34.9 Å². The SMILES string of the molecule is CC(C)(C)OC(=O)NCCCC(N)c1cccc(Cl)c1. The first-order valence-electron chi connectivity index (χ1n) is 6.76. The Bertz CT molecular complexity index is 444. The zero-order valence-electron chi connectivity index (χ0n) is 12.3. The second-order valence-corrected chi connectivity index (χ2v) is 6.17. The number of carbonyl (C=O) groups is 1. The van der Waals surface area contributed by atoms with Crippen LogP contribution in [-0.2, 0) is 4.74 Å². The molecule has 0 saturated heterocycles. The van der Waals surface area contributed by atoms with Gasteiger partial charge in [-0.1, -0.05) is 23.7 Å². The average Bonchev–Trinajstić information content (AvgIpc) is 2.32. The lowest BCUT2D eigenvalue weighted by atomic mass is 10.0. The number of ether oxygens (including phenoxy) is 1. The fraction of sp³-hybridized carbons (Fsp3) is 0.533. The van der Waals surface area contributed by atoms with Gasteiger partial charge in [0.25, 0.3) is 0 Å². The number of carbonyl (C=O) groups excluding carboxylic acids is 1. The molecule has 0 bridgehead atoms. The van der Waals surface area contributed by atoms with E-state index in [1.165, 1.54) is 0 Å². The van der Waals surface area contributed by atoms with E-state index in [0.29, 0.717) is 11.6 Å². The van der Waals surface area contributed by atoms with Gasteiger partial charge in [-0.25, -0.2) is 4.79 Å². The first-order chi connectivity index (χ1) is 9.28. The van der Waals surface area contributed by atoms with Crippen molar-refractivity contribution in [1.82, 2.24) is 5.32 Å². The summed E-state index contributed by atoms with van der Waals surface area (Å²) < 4.78 is 5.15. The lowest BCUT2D eigenvalue weighted by molar-refractivity contribution is 0.0526. The minimum absolute atomic E-state index is 0.0749. The van der Waals surface area contributed by atoms with Crippen molar-refractivity contribution >= 4 is 17.7 Å². The summed E-state index contributed by atoms with van der Waals surface area (Å²) in [5, 5.41) is 3.40. The number of amides is 1. The highest BCUT2D eigenvalue weighted by atomic mass is 35.5. The van der Waals surface area contributed by atoms with Crippen molar-refractivity contribution in [2.75, 3.05) is 6.54 Å². The molecule has 1 amide bonds. The molecule has 1 aromatic rings. The molecule has 4 nitrogen and oxygen atoms in total. The maximum Gasteiger partial charge on any atom is 0.407 e. The summed E-state index contributed by atoms with van der Waals surface area (Å²) in [6.07, 6.45) is 1.16. The Morgan fingerprint density at radius 2 is 2.15 bits per heavy atom. The molecule has 0 aliphatic carbocycles. The third kappa shape index (κ3) is 6.78. The summed E-state index contributed by atoms with van der Waals surface area (Å²) in [5.74, 6) is 0. The molecule has 0 aliphatic rings. The van der Waals surface area contributed by atoms with E-state index >= 15 is 0 Å². The summed E-state index contributed by atoms with van der Waals surface area (Å²) in [5.41, 5.74) is 6.62. The van der Waals surface area contributed by atoms with Gasteiger partial charge in [-0.2, -0.15) is 0 Å². The van der Waals surface area contributed by atoms with E-state index < -0.39 is 11.7 Å². The number of alkyl carbamates (subject to hydrolysis) is 1. The number of benzene rings is 1. The van der Waals surface area contributed by atoms with Gasteiger partial charge in [-0.3, -0.25) is 0 Å². The largest absolute Gasteiger partial charge is 0.444 e. The molecule has 1 rings (SSSR count). The number of rotatable bonds is 5. The van der Waals surface area contributed by atoms with Crippen molar-refractivity contribution in [3.8, 4) is 0 Å². The van der Waals surface area contributed by atoms with Crippen LogP contribution < -0.4 is 11.1 Å². The molecule has 0 aliphatic heterocycles. The number of hydrogen-bond acceptors (Lipinski definition) is 3. The molecule has 0 fully saturated rings. The fourth-order valence-electron chi connectivity index (χ4n) is 1.73. The summed E-state index contributed by atoms with van der Waals surface area (Å²) in [4.78, 5) is 11.4. The van der Waals surface area contributed by atoms with Crippen molar-refractivity contribution < 1.29 is 9.53 Å². The molecule has 0 radical (unpaired) electrons. The van der Waals surface area contributed by atoms with Crippen LogP contribution in [0.4, 0.5) is 4.79 Å². The zero-order valence-corrected chi connectivity index (χ0v) is 13.0. The molecular formula is C15H23ClN2O2. The third-order valence-electron chi connectivity index (χ3n) is 2.64. The molecule has 0 aromatic heterocycles. The van der Waals surface area contributed by atoms with Crippen LogP contribution in [0, 0.1) is 0 Å². The normalized spacial score (nSPS) is 12.8. The predicted octanol–water partition coefficient (Wildman–Crippen LogP) is 3.64. The van der Waals surface area contributed by atoms with Crippen molar-refractivity contribution in [2.24, 2.45) is 5.73 Å². The second kappa shape index (κ2) is 7.50. The van der Waals surface area contributed by atoms with Crippen LogP contribution in [0.15, 0.2) is 24.3 Å². The van der Waals surface area contributed by atoms with Crippen LogP contribution in [0.1, 0.15) is 45.2 Å². The highest BCUT2D eigenvalue weighted by Gasteiger charge is 2.15.